The first-order valence-corrected chi connectivity index (χ1v) is 47.5. The van der Waals surface area contributed by atoms with E-state index in [4.69, 9.17) is 64.2 Å². The van der Waals surface area contributed by atoms with E-state index in [0.717, 1.165) is 158 Å². The highest BCUT2D eigenvalue weighted by Gasteiger charge is 2.60. The fourth-order valence-corrected chi connectivity index (χ4v) is 24.9. The molecule has 12 heterocycles. The third kappa shape index (κ3) is 12.5. The third-order valence-corrected chi connectivity index (χ3v) is 32.5. The summed E-state index contributed by atoms with van der Waals surface area (Å²) in [7, 11) is 0. The Balaban J connectivity index is 0.0000000936. The minimum absolute atomic E-state index is 0.0607. The molecule has 22 heteroatoms. The van der Waals surface area contributed by atoms with Crippen molar-refractivity contribution in [2.45, 2.75) is 151 Å². The van der Waals surface area contributed by atoms with Crippen LogP contribution in [0.15, 0.2) is 311 Å². The van der Waals surface area contributed by atoms with E-state index in [1.807, 2.05) is 98.7 Å². The van der Waals surface area contributed by atoms with E-state index in [-0.39, 0.29) is 40.2 Å². The second-order valence-electron chi connectivity index (χ2n) is 38.1. The molecule has 19 nitrogen and oxygen atoms in total. The molecule has 32 rings (SSSR count). The lowest BCUT2D eigenvalue weighted by Crippen LogP contribution is -2.55. The highest BCUT2D eigenvalue weighted by molar-refractivity contribution is 14.1. The van der Waals surface area contributed by atoms with Gasteiger partial charge in [0.15, 0.2) is 23.0 Å². The maximum Gasteiger partial charge on any atom is 0.278 e. The number of halogens is 3. The monoisotopic (exact) mass is 1900 g/mol. The van der Waals surface area contributed by atoms with Gasteiger partial charge in [0.1, 0.15) is 48.1 Å². The molecule has 0 amide bonds. The summed E-state index contributed by atoms with van der Waals surface area (Å²) in [5, 5.41) is 12.7. The SMILES string of the molecule is C[C@@H]1N=C(c2ccccc2Br)c2cc(C34CC(C3)C4)ccc2-n2cnc(-c3ccco3)c21.C[C@@H]1N=C(c2ccccc2Cl)c2cc(C34CC(C3)C4)ccc2-n2cnc(-c3ccco3)c21.C[C@@H]1N=C(c2ccccc2I)c2cc(C34CC(C3)C4)ccc2-n2cnc(-c3ccco3)c21.C[C@@H]1N=C(c2ccccc2[N+](=O)[O-])c2cc(C34CC(C3)C4)ccc2-n2cnc(-c3ccco3)c21. The minimum atomic E-state index is -0.325. The molecule has 12 saturated carbocycles. The van der Waals surface area contributed by atoms with E-state index in [0.29, 0.717) is 33.3 Å². The molecular weight excluding hydrogens is 1820 g/mol. The molecule has 0 saturated heterocycles. The summed E-state index contributed by atoms with van der Waals surface area (Å²) in [4.78, 5) is 51.5. The maximum absolute atomic E-state index is 11.9. The van der Waals surface area contributed by atoms with Gasteiger partial charge in [0.25, 0.3) is 5.69 Å². The number of nitrogens with zero attached hydrogens (tertiary/aromatic N) is 13. The maximum atomic E-state index is 11.9. The summed E-state index contributed by atoms with van der Waals surface area (Å²) < 4.78 is 33.7. The summed E-state index contributed by atoms with van der Waals surface area (Å²) in [5.41, 5.74) is 30.7. The van der Waals surface area contributed by atoms with Gasteiger partial charge in [-0.25, -0.2) is 19.9 Å². The summed E-state index contributed by atoms with van der Waals surface area (Å²) in [6, 6.07) is 74.1. The average Bonchev–Trinajstić information content (AvgIpc) is 0.814. The molecule has 4 aliphatic heterocycles. The van der Waals surface area contributed by atoms with Gasteiger partial charge in [0, 0.05) is 58.1 Å². The molecular formula is C108H88BrClIN13O6. The van der Waals surface area contributed by atoms with Crippen LogP contribution in [0, 0.1) is 37.4 Å². The van der Waals surface area contributed by atoms with Crippen LogP contribution in [0.25, 0.3) is 68.6 Å². The number of fused-ring (bicyclic) bond motifs is 12. The Morgan fingerprint density at radius 3 is 0.938 bits per heavy atom. The van der Waals surface area contributed by atoms with Crippen LogP contribution < -0.4 is 0 Å². The fourth-order valence-electron chi connectivity index (χ4n) is 23.5. The summed E-state index contributed by atoms with van der Waals surface area (Å²) in [5.74, 6) is 6.68. The van der Waals surface area contributed by atoms with Crippen LogP contribution in [0.2, 0.25) is 5.02 Å². The smallest absolute Gasteiger partial charge is 0.278 e. The second kappa shape index (κ2) is 30.2. The van der Waals surface area contributed by atoms with Gasteiger partial charge in [0.2, 0.25) is 0 Å². The topological polar surface area (TPSA) is 216 Å². The van der Waals surface area contributed by atoms with Gasteiger partial charge in [-0.15, -0.1) is 0 Å². The van der Waals surface area contributed by atoms with Crippen molar-refractivity contribution in [3.63, 3.8) is 0 Å². The van der Waals surface area contributed by atoms with Crippen LogP contribution in [-0.2, 0) is 21.7 Å². The number of nitro benzene ring substituents is 1. The number of para-hydroxylation sites is 1. The molecule has 4 atom stereocenters. The van der Waals surface area contributed by atoms with Crippen molar-refractivity contribution < 1.29 is 22.6 Å². The van der Waals surface area contributed by atoms with E-state index < -0.39 is 0 Å². The van der Waals surface area contributed by atoms with Crippen LogP contribution in [0.5, 0.6) is 0 Å². The minimum Gasteiger partial charge on any atom is -0.463 e. The van der Waals surface area contributed by atoms with Crippen molar-refractivity contribution in [2.24, 2.45) is 43.6 Å². The van der Waals surface area contributed by atoms with E-state index in [1.165, 1.54) is 120 Å². The van der Waals surface area contributed by atoms with Gasteiger partial charge in [-0.1, -0.05) is 119 Å². The summed E-state index contributed by atoms with van der Waals surface area (Å²) in [6.07, 6.45) is 30.0. The number of rotatable bonds is 13. The lowest BCUT2D eigenvalue weighted by molar-refractivity contribution is -0.385. The zero-order valence-electron chi connectivity index (χ0n) is 71.9. The highest BCUT2D eigenvalue weighted by atomic mass is 127. The Morgan fingerprint density at radius 2 is 0.638 bits per heavy atom. The number of aliphatic imine (C=N–C) groups is 4. The first-order chi connectivity index (χ1) is 63.4. The van der Waals surface area contributed by atoms with E-state index in [2.05, 4.69) is 210 Å². The zero-order chi connectivity index (χ0) is 87.4. The first-order valence-electron chi connectivity index (χ1n) is 45.3. The molecule has 0 N–H and O–H groups in total. The van der Waals surface area contributed by atoms with Crippen LogP contribution >= 0.6 is 50.1 Å². The van der Waals surface area contributed by atoms with Crippen molar-refractivity contribution in [2.75, 3.05) is 0 Å². The molecule has 12 aliphatic carbocycles. The van der Waals surface area contributed by atoms with E-state index in [9.17, 15) is 10.1 Å². The van der Waals surface area contributed by atoms with Gasteiger partial charge in [-0.05, 0) is 316 Å². The van der Waals surface area contributed by atoms with Crippen LogP contribution in [0.4, 0.5) is 5.69 Å². The number of furan rings is 4. The van der Waals surface area contributed by atoms with Crippen molar-refractivity contribution in [3.05, 3.63) is 381 Å². The van der Waals surface area contributed by atoms with Crippen LogP contribution in [0.1, 0.15) is 218 Å². The number of nitro groups is 1. The Bertz CT molecular complexity index is 6870. The number of imidazole rings is 4. The summed E-state index contributed by atoms with van der Waals surface area (Å²) in [6.45, 7) is 8.42. The molecule has 130 heavy (non-hydrogen) atoms. The standard InChI is InChI=1S/C27H22BrN3O.C27H22ClN3O.C27H22IN3O.C27H22N4O3/c3*1-16-26-25(23-7-4-10-32-23)29-15-31(26)22-9-8-18(27-12-17(13-27)14-27)11-20(22)24(30-16)19-5-2-3-6-21(19)28;1-16-26-25(23-7-4-10-34-23)28-15-30(26)21-9-8-18(27-12-17(13-27)14-27)11-20(21)24(29-16)19-5-2-3-6-22(19)31(32)33/h3*2-11,15-17H,12-14H2,1H3;2-11,15-17H,12-14H2,1H3/t4*16-,17?,27?/m0000/s1. The molecule has 0 unspecified atom stereocenters. The fraction of sp³-hybridized carbons (Fsp3) is 0.259. The van der Waals surface area contributed by atoms with E-state index in [1.54, 1.807) is 49.6 Å². The van der Waals surface area contributed by atoms with Gasteiger partial charge in [-0.2, -0.15) is 0 Å². The number of hydrogen-bond acceptors (Lipinski definition) is 14. The molecule has 16 aliphatic rings. The number of benzene rings is 8. The molecule has 642 valence electrons. The number of aromatic nitrogens is 8. The molecule has 0 spiro atoms. The Labute approximate surface area is 777 Å². The normalized spacial score (nSPS) is 24.9. The van der Waals surface area contributed by atoms with Crippen LogP contribution in [0.3, 0.4) is 0 Å². The Kier molecular flexibility index (Phi) is 18.5. The lowest BCUT2D eigenvalue weighted by atomic mass is 9.42. The zero-order valence-corrected chi connectivity index (χ0v) is 76.4. The van der Waals surface area contributed by atoms with Gasteiger partial charge in [-0.3, -0.25) is 48.4 Å². The second-order valence-corrected chi connectivity index (χ2v) is 40.5. The molecule has 16 aromatic rings. The van der Waals surface area contributed by atoms with Crippen molar-refractivity contribution >= 4 is 78.7 Å². The van der Waals surface area contributed by atoms with Crippen molar-refractivity contribution in [1.29, 1.82) is 0 Å². The molecule has 8 aromatic heterocycles. The Hall–Kier alpha value is -12.7. The van der Waals surface area contributed by atoms with Gasteiger partial charge in [0.05, 0.1) is 128 Å². The Morgan fingerprint density at radius 1 is 0.354 bits per heavy atom. The third-order valence-electron chi connectivity index (χ3n) is 30.5. The van der Waals surface area contributed by atoms with Gasteiger partial charge >= 0.3 is 0 Å². The predicted octanol–water partition coefficient (Wildman–Crippen LogP) is 26.3. The molecule has 12 fully saturated rings. The van der Waals surface area contributed by atoms with Crippen LogP contribution in [-0.4, -0.2) is 66.0 Å². The van der Waals surface area contributed by atoms with Crippen molar-refractivity contribution in [3.8, 4) is 68.6 Å². The lowest BCUT2D eigenvalue weighted by Gasteiger charge is -2.62. The first kappa shape index (κ1) is 79.5. The average molecular weight is 1910 g/mol. The van der Waals surface area contributed by atoms with Gasteiger partial charge < -0.3 is 17.7 Å². The summed E-state index contributed by atoms with van der Waals surface area (Å²) >= 11 is 12.9. The number of hydrogen-bond donors (Lipinski definition) is 0. The quantitative estimate of drug-likeness (QED) is 0.0604. The highest BCUT2D eigenvalue weighted by Crippen LogP contribution is 2.68. The molecule has 0 radical (unpaired) electrons. The molecule has 8 aromatic carbocycles. The predicted molar refractivity (Wildman–Crippen MR) is 515 cm³/mol. The van der Waals surface area contributed by atoms with E-state index >= 15 is 0 Å². The largest absolute Gasteiger partial charge is 0.463 e. The van der Waals surface area contributed by atoms with Crippen molar-refractivity contribution in [1.82, 2.24) is 38.2 Å². The molecule has 8 bridgehead atoms.